The van der Waals surface area contributed by atoms with Crippen molar-refractivity contribution in [1.82, 2.24) is 25.6 Å². The molecular weight excluding hydrogens is 344 g/mol. The first kappa shape index (κ1) is 16.4. The van der Waals surface area contributed by atoms with Gasteiger partial charge in [0.2, 0.25) is 5.82 Å². The average molecular weight is 358 g/mol. The van der Waals surface area contributed by atoms with Crippen molar-refractivity contribution in [1.29, 1.82) is 0 Å². The fourth-order valence-electron chi connectivity index (χ4n) is 2.36. The Bertz CT molecular complexity index is 1020. The van der Waals surface area contributed by atoms with Gasteiger partial charge in [0.1, 0.15) is 17.2 Å². The number of hydrogen-bond acceptors (Lipinski definition) is 6. The summed E-state index contributed by atoms with van der Waals surface area (Å²) in [6.45, 7) is 0. The molecule has 0 aliphatic rings. The van der Waals surface area contributed by atoms with Gasteiger partial charge in [-0.3, -0.25) is 9.78 Å². The van der Waals surface area contributed by atoms with Crippen molar-refractivity contribution in [2.75, 3.05) is 5.32 Å². The molecule has 2 aromatic heterocycles. The van der Waals surface area contributed by atoms with Gasteiger partial charge in [-0.25, -0.2) is 0 Å². The molecule has 0 atom stereocenters. The molecule has 0 saturated carbocycles. The van der Waals surface area contributed by atoms with Gasteiger partial charge in [-0.05, 0) is 53.7 Å². The summed E-state index contributed by atoms with van der Waals surface area (Å²) in [5.74, 6) is 1.54. The molecule has 0 bridgehead atoms. The minimum atomic E-state index is -0.265. The lowest BCUT2D eigenvalue weighted by molar-refractivity contribution is 0.102. The van der Waals surface area contributed by atoms with Crippen molar-refractivity contribution in [2.45, 2.75) is 0 Å². The highest BCUT2D eigenvalue weighted by molar-refractivity contribution is 6.04. The predicted octanol–water partition coefficient (Wildman–Crippen LogP) is 3.31. The first-order valence-corrected chi connectivity index (χ1v) is 8.12. The summed E-state index contributed by atoms with van der Waals surface area (Å²) in [5, 5.41) is 16.3. The number of aromatic amines is 1. The first-order valence-electron chi connectivity index (χ1n) is 8.12. The second kappa shape index (κ2) is 7.44. The second-order valence-corrected chi connectivity index (χ2v) is 5.56. The molecule has 8 heteroatoms. The van der Waals surface area contributed by atoms with Crippen molar-refractivity contribution in [3.63, 3.8) is 0 Å². The average Bonchev–Trinajstić information content (AvgIpc) is 3.25. The van der Waals surface area contributed by atoms with Crippen LogP contribution in [0, 0.1) is 0 Å². The van der Waals surface area contributed by atoms with Crippen LogP contribution >= 0.6 is 0 Å². The van der Waals surface area contributed by atoms with Crippen LogP contribution in [0.1, 0.15) is 10.4 Å². The molecule has 8 nitrogen and oxygen atoms in total. The number of para-hydroxylation sites is 1. The normalized spacial score (nSPS) is 10.4. The maximum Gasteiger partial charge on any atom is 0.257 e. The number of carbonyl (C=O) groups is 1. The van der Waals surface area contributed by atoms with Crippen LogP contribution in [0.4, 0.5) is 5.69 Å². The number of nitrogens with one attached hydrogen (secondary N) is 2. The van der Waals surface area contributed by atoms with Gasteiger partial charge < -0.3 is 10.1 Å². The Kier molecular flexibility index (Phi) is 4.52. The van der Waals surface area contributed by atoms with Gasteiger partial charge >= 0.3 is 0 Å². The number of nitrogens with zero attached hydrogens (tertiary/aromatic N) is 4. The number of aromatic nitrogens is 5. The molecule has 4 aromatic rings. The first-order chi connectivity index (χ1) is 13.3. The Morgan fingerprint density at radius 3 is 2.37 bits per heavy atom. The SMILES string of the molecule is O=C(Nc1ccc(Oc2ccccc2)cc1)c1ccc(-c2nn[nH]n2)nc1. The summed E-state index contributed by atoms with van der Waals surface area (Å²) >= 11 is 0. The number of carbonyl (C=O) groups excluding carboxylic acids is 1. The standard InChI is InChI=1S/C19H14N6O2/c26-19(13-6-11-17(20-12-13)18-22-24-25-23-18)21-14-7-9-16(10-8-14)27-15-4-2-1-3-5-15/h1-12H,(H,21,26)(H,22,23,24,25). The van der Waals surface area contributed by atoms with E-state index in [0.29, 0.717) is 28.5 Å². The molecule has 0 fully saturated rings. The van der Waals surface area contributed by atoms with Crippen LogP contribution in [-0.4, -0.2) is 31.5 Å². The van der Waals surface area contributed by atoms with Gasteiger partial charge in [0.25, 0.3) is 5.91 Å². The van der Waals surface area contributed by atoms with Crippen molar-refractivity contribution in [3.8, 4) is 23.0 Å². The van der Waals surface area contributed by atoms with E-state index in [-0.39, 0.29) is 5.91 Å². The molecule has 0 unspecified atom stereocenters. The van der Waals surface area contributed by atoms with Crippen LogP contribution in [0.25, 0.3) is 11.5 Å². The van der Waals surface area contributed by atoms with Gasteiger partial charge in [-0.15, -0.1) is 10.2 Å². The zero-order valence-electron chi connectivity index (χ0n) is 14.0. The molecule has 0 radical (unpaired) electrons. The van der Waals surface area contributed by atoms with E-state index in [9.17, 15) is 4.79 Å². The third-order valence-electron chi connectivity index (χ3n) is 3.69. The number of anilines is 1. The Hall–Kier alpha value is -4.07. The van der Waals surface area contributed by atoms with E-state index >= 15 is 0 Å². The van der Waals surface area contributed by atoms with Gasteiger partial charge in [0.15, 0.2) is 0 Å². The number of pyridine rings is 1. The molecule has 0 aliphatic carbocycles. The summed E-state index contributed by atoms with van der Waals surface area (Å²) in [4.78, 5) is 16.5. The van der Waals surface area contributed by atoms with Crippen molar-refractivity contribution < 1.29 is 9.53 Å². The highest BCUT2D eigenvalue weighted by atomic mass is 16.5. The maximum atomic E-state index is 12.4. The lowest BCUT2D eigenvalue weighted by Crippen LogP contribution is -2.12. The quantitative estimate of drug-likeness (QED) is 0.567. The summed E-state index contributed by atoms with van der Waals surface area (Å²) in [6.07, 6.45) is 1.47. The zero-order chi connectivity index (χ0) is 18.5. The molecule has 2 heterocycles. The number of amides is 1. The van der Waals surface area contributed by atoms with Gasteiger partial charge in [0.05, 0.1) is 5.56 Å². The molecule has 2 aromatic carbocycles. The number of H-pyrrole nitrogens is 1. The second-order valence-electron chi connectivity index (χ2n) is 5.56. The molecular formula is C19H14N6O2. The van der Waals surface area contributed by atoms with E-state index < -0.39 is 0 Å². The Morgan fingerprint density at radius 1 is 0.926 bits per heavy atom. The smallest absolute Gasteiger partial charge is 0.257 e. The van der Waals surface area contributed by atoms with Gasteiger partial charge in [0, 0.05) is 11.9 Å². The third-order valence-corrected chi connectivity index (χ3v) is 3.69. The summed E-state index contributed by atoms with van der Waals surface area (Å²) in [5.41, 5.74) is 1.61. The Labute approximate surface area is 154 Å². The van der Waals surface area contributed by atoms with Crippen LogP contribution in [0.3, 0.4) is 0 Å². The minimum absolute atomic E-state index is 0.265. The summed E-state index contributed by atoms with van der Waals surface area (Å²) in [7, 11) is 0. The van der Waals surface area contributed by atoms with E-state index in [1.165, 1.54) is 6.20 Å². The third kappa shape index (κ3) is 3.96. The van der Waals surface area contributed by atoms with Crippen LogP contribution in [0.2, 0.25) is 0 Å². The highest BCUT2D eigenvalue weighted by Crippen LogP contribution is 2.23. The number of ether oxygens (including phenoxy) is 1. The zero-order valence-corrected chi connectivity index (χ0v) is 14.0. The fourth-order valence-corrected chi connectivity index (χ4v) is 2.36. The Morgan fingerprint density at radius 2 is 1.70 bits per heavy atom. The molecule has 4 rings (SSSR count). The molecule has 0 spiro atoms. The molecule has 1 amide bonds. The maximum absolute atomic E-state index is 12.4. The molecule has 2 N–H and O–H groups in total. The van der Waals surface area contributed by atoms with Crippen molar-refractivity contribution in [2.24, 2.45) is 0 Å². The van der Waals surface area contributed by atoms with E-state index in [4.69, 9.17) is 4.74 Å². The van der Waals surface area contributed by atoms with Gasteiger partial charge in [-0.2, -0.15) is 5.21 Å². The lowest BCUT2D eigenvalue weighted by atomic mass is 10.2. The van der Waals surface area contributed by atoms with E-state index in [2.05, 4.69) is 30.9 Å². The molecule has 0 aliphatic heterocycles. The number of rotatable bonds is 5. The van der Waals surface area contributed by atoms with Crippen LogP contribution < -0.4 is 10.1 Å². The number of hydrogen-bond donors (Lipinski definition) is 2. The van der Waals surface area contributed by atoms with Crippen molar-refractivity contribution >= 4 is 11.6 Å². The summed E-state index contributed by atoms with van der Waals surface area (Å²) in [6, 6.07) is 19.9. The van der Waals surface area contributed by atoms with E-state index in [1.807, 2.05) is 30.3 Å². The van der Waals surface area contributed by atoms with Crippen molar-refractivity contribution in [3.05, 3.63) is 78.5 Å². The van der Waals surface area contributed by atoms with E-state index in [1.54, 1.807) is 36.4 Å². The monoisotopic (exact) mass is 358 g/mol. The fraction of sp³-hybridized carbons (Fsp3) is 0. The molecule has 27 heavy (non-hydrogen) atoms. The van der Waals surface area contributed by atoms with Gasteiger partial charge in [-0.1, -0.05) is 18.2 Å². The predicted molar refractivity (Wildman–Crippen MR) is 98.3 cm³/mol. The van der Waals surface area contributed by atoms with Crippen LogP contribution in [0.5, 0.6) is 11.5 Å². The number of tetrazole rings is 1. The lowest BCUT2D eigenvalue weighted by Gasteiger charge is -2.08. The largest absolute Gasteiger partial charge is 0.457 e. The highest BCUT2D eigenvalue weighted by Gasteiger charge is 2.09. The number of benzene rings is 2. The topological polar surface area (TPSA) is 106 Å². The minimum Gasteiger partial charge on any atom is -0.457 e. The summed E-state index contributed by atoms with van der Waals surface area (Å²) < 4.78 is 5.73. The van der Waals surface area contributed by atoms with Crippen LogP contribution in [-0.2, 0) is 0 Å². The van der Waals surface area contributed by atoms with Crippen LogP contribution in [0.15, 0.2) is 72.9 Å². The Balaban J connectivity index is 1.40. The molecule has 132 valence electrons. The molecule has 0 saturated heterocycles. The van der Waals surface area contributed by atoms with E-state index in [0.717, 1.165) is 5.75 Å².